The largest absolute Gasteiger partial charge is 0.489 e. The van der Waals surface area contributed by atoms with Crippen LogP contribution in [-0.4, -0.2) is 18.0 Å². The second-order valence-electron chi connectivity index (χ2n) is 6.94. The van der Waals surface area contributed by atoms with Gasteiger partial charge in [0.25, 0.3) is 0 Å². The van der Waals surface area contributed by atoms with Crippen molar-refractivity contribution in [3.63, 3.8) is 0 Å². The van der Waals surface area contributed by atoms with Crippen molar-refractivity contribution in [2.45, 2.75) is 45.4 Å². The quantitative estimate of drug-likeness (QED) is 0.747. The Kier molecular flexibility index (Phi) is 6.78. The highest BCUT2D eigenvalue weighted by Gasteiger charge is 2.20. The molecule has 2 aromatic carbocycles. The van der Waals surface area contributed by atoms with Gasteiger partial charge in [-0.15, -0.1) is 0 Å². The van der Waals surface area contributed by atoms with Gasteiger partial charge < -0.3 is 19.6 Å². The molecule has 0 radical (unpaired) electrons. The monoisotopic (exact) mass is 355 g/mol. The number of ether oxygens (including phenoxy) is 2. The van der Waals surface area contributed by atoms with Gasteiger partial charge in [0, 0.05) is 6.42 Å². The lowest BCUT2D eigenvalue weighted by atomic mass is 10.0. The summed E-state index contributed by atoms with van der Waals surface area (Å²) >= 11 is 0. The fourth-order valence-corrected chi connectivity index (χ4v) is 2.36. The molecule has 0 aliphatic carbocycles. The Labute approximate surface area is 154 Å². The molecule has 0 saturated heterocycles. The van der Waals surface area contributed by atoms with Gasteiger partial charge in [-0.1, -0.05) is 42.5 Å². The summed E-state index contributed by atoms with van der Waals surface area (Å²) in [7, 11) is 0. The predicted octanol–water partition coefficient (Wildman–Crippen LogP) is 4.42. The molecule has 0 heterocycles. The van der Waals surface area contributed by atoms with Gasteiger partial charge in [-0.3, -0.25) is 0 Å². The molecule has 0 aliphatic heterocycles. The van der Waals surface area contributed by atoms with E-state index in [1.165, 1.54) is 0 Å². The first-order valence-electron chi connectivity index (χ1n) is 8.57. The first-order valence-corrected chi connectivity index (χ1v) is 8.57. The molecule has 0 fully saturated rings. The van der Waals surface area contributed by atoms with Crippen LogP contribution in [0.3, 0.4) is 0 Å². The summed E-state index contributed by atoms with van der Waals surface area (Å²) in [4.78, 5) is 22.9. The highest BCUT2D eigenvalue weighted by atomic mass is 16.6. The zero-order chi connectivity index (χ0) is 19.0. The molecule has 5 nitrogen and oxygen atoms in total. The second-order valence-corrected chi connectivity index (χ2v) is 6.94. The first kappa shape index (κ1) is 19.5. The number of rotatable bonds is 7. The third kappa shape index (κ3) is 6.59. The van der Waals surface area contributed by atoms with E-state index in [0.29, 0.717) is 6.61 Å². The molecule has 0 bridgehead atoms. The normalized spacial score (nSPS) is 12.1. The van der Waals surface area contributed by atoms with Gasteiger partial charge in [0.05, 0.1) is 6.04 Å². The Hall–Kier alpha value is -2.82. The fourth-order valence-electron chi connectivity index (χ4n) is 2.36. The van der Waals surface area contributed by atoms with Gasteiger partial charge >= 0.3 is 6.09 Å². The smallest absolute Gasteiger partial charge is 0.408 e. The van der Waals surface area contributed by atoms with E-state index in [1.54, 1.807) is 20.8 Å². The third-order valence-electron chi connectivity index (χ3n) is 3.55. The van der Waals surface area contributed by atoms with E-state index in [4.69, 9.17) is 9.47 Å². The SMILES string of the molecule is CC(C)(C)OC(=O)NC(CC=O)c1ccc(OCc2ccccc2)cc1. The molecule has 2 aromatic rings. The van der Waals surface area contributed by atoms with Crippen molar-refractivity contribution in [3.8, 4) is 5.75 Å². The minimum Gasteiger partial charge on any atom is -0.489 e. The van der Waals surface area contributed by atoms with Crippen LogP contribution < -0.4 is 10.1 Å². The summed E-state index contributed by atoms with van der Waals surface area (Å²) in [5.41, 5.74) is 1.31. The molecule has 138 valence electrons. The van der Waals surface area contributed by atoms with Crippen LogP contribution in [0.1, 0.15) is 44.4 Å². The summed E-state index contributed by atoms with van der Waals surface area (Å²) < 4.78 is 11.0. The van der Waals surface area contributed by atoms with Crippen molar-refractivity contribution in [2.75, 3.05) is 0 Å². The van der Waals surface area contributed by atoms with Gasteiger partial charge in [0.15, 0.2) is 0 Å². The maximum Gasteiger partial charge on any atom is 0.408 e. The van der Waals surface area contributed by atoms with E-state index in [1.807, 2.05) is 54.6 Å². The zero-order valence-electron chi connectivity index (χ0n) is 15.4. The molecule has 2 rings (SSSR count). The van der Waals surface area contributed by atoms with Gasteiger partial charge in [-0.05, 0) is 44.0 Å². The van der Waals surface area contributed by atoms with Crippen LogP contribution in [-0.2, 0) is 16.1 Å². The number of hydrogen-bond donors (Lipinski definition) is 1. The maximum atomic E-state index is 12.0. The summed E-state index contributed by atoms with van der Waals surface area (Å²) in [6.45, 7) is 5.86. The average Bonchev–Trinajstić information content (AvgIpc) is 2.59. The molecule has 1 unspecified atom stereocenters. The summed E-state index contributed by atoms with van der Waals surface area (Å²) in [5, 5.41) is 2.73. The minimum atomic E-state index is -0.592. The fraction of sp³-hybridized carbons (Fsp3) is 0.333. The first-order chi connectivity index (χ1) is 12.4. The number of hydrogen-bond acceptors (Lipinski definition) is 4. The number of nitrogens with one attached hydrogen (secondary N) is 1. The Morgan fingerprint density at radius 3 is 2.31 bits per heavy atom. The lowest BCUT2D eigenvalue weighted by molar-refractivity contribution is -0.108. The summed E-state index contributed by atoms with van der Waals surface area (Å²) in [6.07, 6.45) is 0.402. The van der Waals surface area contributed by atoms with E-state index in [9.17, 15) is 9.59 Å². The van der Waals surface area contributed by atoms with E-state index < -0.39 is 17.7 Å². The van der Waals surface area contributed by atoms with E-state index in [-0.39, 0.29) is 6.42 Å². The molecule has 1 N–H and O–H groups in total. The van der Waals surface area contributed by atoms with Crippen molar-refractivity contribution >= 4 is 12.4 Å². The predicted molar refractivity (Wildman–Crippen MR) is 100 cm³/mol. The van der Waals surface area contributed by atoms with Crippen LogP contribution in [0.2, 0.25) is 0 Å². The number of amides is 1. The van der Waals surface area contributed by atoms with Crippen LogP contribution in [0.4, 0.5) is 4.79 Å². The molecule has 1 atom stereocenters. The van der Waals surface area contributed by atoms with Gasteiger partial charge in [-0.2, -0.15) is 0 Å². The third-order valence-corrected chi connectivity index (χ3v) is 3.55. The van der Waals surface area contributed by atoms with Gasteiger partial charge in [0.1, 0.15) is 24.2 Å². The number of benzene rings is 2. The van der Waals surface area contributed by atoms with Crippen molar-refractivity contribution < 1.29 is 19.1 Å². The Morgan fingerprint density at radius 1 is 1.08 bits per heavy atom. The highest BCUT2D eigenvalue weighted by molar-refractivity contribution is 5.69. The highest BCUT2D eigenvalue weighted by Crippen LogP contribution is 2.21. The maximum absolute atomic E-state index is 12.0. The standard InChI is InChI=1S/C21H25NO4/c1-21(2,3)26-20(24)22-19(13-14-23)17-9-11-18(12-10-17)25-15-16-7-5-4-6-8-16/h4-12,14,19H,13,15H2,1-3H3,(H,22,24). The summed E-state index contributed by atoms with van der Waals surface area (Å²) in [5.74, 6) is 0.722. The van der Waals surface area contributed by atoms with E-state index in [2.05, 4.69) is 5.32 Å². The topological polar surface area (TPSA) is 64.6 Å². The van der Waals surface area contributed by atoms with Gasteiger partial charge in [-0.25, -0.2) is 4.79 Å². The van der Waals surface area contributed by atoms with Crippen LogP contribution in [0.5, 0.6) is 5.75 Å². The van der Waals surface area contributed by atoms with Crippen LogP contribution in [0.25, 0.3) is 0 Å². The number of aldehydes is 1. The molecular weight excluding hydrogens is 330 g/mol. The Morgan fingerprint density at radius 2 is 1.73 bits per heavy atom. The van der Waals surface area contributed by atoms with E-state index in [0.717, 1.165) is 23.2 Å². The number of carbonyl (C=O) groups excluding carboxylic acids is 2. The number of alkyl carbamates (subject to hydrolysis) is 1. The molecule has 1 amide bonds. The second kappa shape index (κ2) is 9.04. The minimum absolute atomic E-state index is 0.170. The van der Waals surface area contributed by atoms with Crippen molar-refractivity contribution in [1.29, 1.82) is 0 Å². The lowest BCUT2D eigenvalue weighted by Gasteiger charge is -2.23. The van der Waals surface area contributed by atoms with Crippen molar-refractivity contribution in [1.82, 2.24) is 5.32 Å². The molecule has 0 saturated carbocycles. The van der Waals surface area contributed by atoms with E-state index >= 15 is 0 Å². The zero-order valence-corrected chi connectivity index (χ0v) is 15.4. The van der Waals surface area contributed by atoms with Crippen molar-refractivity contribution in [3.05, 3.63) is 65.7 Å². The van der Waals surface area contributed by atoms with Crippen LogP contribution >= 0.6 is 0 Å². The molecule has 0 spiro atoms. The van der Waals surface area contributed by atoms with Crippen LogP contribution in [0, 0.1) is 0 Å². The molecule has 0 aliphatic rings. The van der Waals surface area contributed by atoms with Crippen LogP contribution in [0.15, 0.2) is 54.6 Å². The molecule has 26 heavy (non-hydrogen) atoms. The van der Waals surface area contributed by atoms with Gasteiger partial charge in [0.2, 0.25) is 0 Å². The number of carbonyl (C=O) groups is 2. The summed E-state index contributed by atoms with van der Waals surface area (Å²) in [6, 6.07) is 16.8. The Balaban J connectivity index is 1.98. The molecule has 0 aromatic heterocycles. The van der Waals surface area contributed by atoms with Crippen molar-refractivity contribution in [2.24, 2.45) is 0 Å². The average molecular weight is 355 g/mol. The molecular formula is C21H25NO4. The Bertz CT molecular complexity index is 705. The molecule has 5 heteroatoms. The lowest BCUT2D eigenvalue weighted by Crippen LogP contribution is -2.35.